The van der Waals surface area contributed by atoms with Crippen LogP contribution >= 0.6 is 0 Å². The van der Waals surface area contributed by atoms with E-state index in [1.54, 1.807) is 0 Å². The molecule has 0 saturated heterocycles. The number of carbonyl (C=O) groups is 2. The van der Waals surface area contributed by atoms with Crippen LogP contribution in [0.25, 0.3) is 0 Å². The number of ether oxygens (including phenoxy) is 2. The van der Waals surface area contributed by atoms with Gasteiger partial charge in [0.2, 0.25) is 5.91 Å². The van der Waals surface area contributed by atoms with Crippen LogP contribution in [0.5, 0.6) is 11.5 Å². The molecule has 1 aromatic carbocycles. The Kier molecular flexibility index (Phi) is 6.08. The van der Waals surface area contributed by atoms with Gasteiger partial charge in [-0.05, 0) is 24.6 Å². The Morgan fingerprint density at radius 2 is 1.83 bits per heavy atom. The second-order valence-corrected chi connectivity index (χ2v) is 5.36. The molecule has 0 aliphatic carbocycles. The molecule has 1 unspecified atom stereocenters. The Labute approximate surface area is 135 Å². The smallest absolute Gasteiger partial charge is 0.315 e. The highest BCUT2D eigenvalue weighted by molar-refractivity contribution is 5.75. The van der Waals surface area contributed by atoms with Gasteiger partial charge in [-0.15, -0.1) is 0 Å². The van der Waals surface area contributed by atoms with Crippen LogP contribution in [0.4, 0.5) is 4.79 Å². The van der Waals surface area contributed by atoms with E-state index in [-0.39, 0.29) is 18.0 Å². The molecule has 1 aliphatic heterocycles. The molecule has 1 aromatic rings. The average Bonchev–Trinajstić information content (AvgIpc) is 2.75. The highest BCUT2D eigenvalue weighted by Gasteiger charge is 2.14. The van der Waals surface area contributed by atoms with Gasteiger partial charge in [0, 0.05) is 26.4 Å². The first-order valence-electron chi connectivity index (χ1n) is 7.74. The second-order valence-electron chi connectivity index (χ2n) is 5.36. The number of benzene rings is 1. The van der Waals surface area contributed by atoms with Gasteiger partial charge < -0.3 is 25.4 Å². The number of urea groups is 1. The van der Waals surface area contributed by atoms with Gasteiger partial charge >= 0.3 is 6.03 Å². The van der Waals surface area contributed by atoms with Gasteiger partial charge in [0.15, 0.2) is 11.5 Å². The molecule has 1 heterocycles. The van der Waals surface area contributed by atoms with Crippen LogP contribution in [0.15, 0.2) is 18.2 Å². The zero-order valence-electron chi connectivity index (χ0n) is 13.5. The first-order valence-corrected chi connectivity index (χ1v) is 7.74. The van der Waals surface area contributed by atoms with Crippen LogP contribution in [-0.2, 0) is 4.79 Å². The SMILES string of the molecule is CC(=O)NCCNC(=O)NC(C)c1ccc2c(c1)OCCCO2. The molecular formula is C16H23N3O4. The van der Waals surface area contributed by atoms with Gasteiger partial charge in [-0.3, -0.25) is 4.79 Å². The third-order valence-corrected chi connectivity index (χ3v) is 3.40. The first kappa shape index (κ1) is 16.9. The van der Waals surface area contributed by atoms with E-state index in [1.165, 1.54) is 6.92 Å². The van der Waals surface area contributed by atoms with Crippen molar-refractivity contribution in [2.75, 3.05) is 26.3 Å². The molecule has 23 heavy (non-hydrogen) atoms. The Morgan fingerprint density at radius 1 is 1.13 bits per heavy atom. The molecule has 0 aromatic heterocycles. The van der Waals surface area contributed by atoms with E-state index < -0.39 is 0 Å². The first-order chi connectivity index (χ1) is 11.1. The van der Waals surface area contributed by atoms with Gasteiger partial charge in [0.25, 0.3) is 0 Å². The molecule has 2 rings (SSSR count). The lowest BCUT2D eigenvalue weighted by atomic mass is 10.1. The largest absolute Gasteiger partial charge is 0.490 e. The molecule has 7 nitrogen and oxygen atoms in total. The molecule has 1 aliphatic rings. The molecule has 0 fully saturated rings. The summed E-state index contributed by atoms with van der Waals surface area (Å²) in [6, 6.07) is 5.21. The normalized spacial score (nSPS) is 14.3. The van der Waals surface area contributed by atoms with Gasteiger partial charge in [0.1, 0.15) is 0 Å². The fourth-order valence-corrected chi connectivity index (χ4v) is 2.19. The van der Waals surface area contributed by atoms with Crippen molar-refractivity contribution >= 4 is 11.9 Å². The Hall–Kier alpha value is -2.44. The molecule has 0 radical (unpaired) electrons. The fraction of sp³-hybridized carbons (Fsp3) is 0.500. The zero-order valence-corrected chi connectivity index (χ0v) is 13.5. The number of nitrogens with one attached hydrogen (secondary N) is 3. The molecule has 126 valence electrons. The van der Waals surface area contributed by atoms with Crippen molar-refractivity contribution in [2.45, 2.75) is 26.3 Å². The van der Waals surface area contributed by atoms with E-state index in [9.17, 15) is 9.59 Å². The number of rotatable bonds is 5. The van der Waals surface area contributed by atoms with Gasteiger partial charge in [-0.25, -0.2) is 4.79 Å². The van der Waals surface area contributed by atoms with Gasteiger partial charge in [-0.2, -0.15) is 0 Å². The maximum Gasteiger partial charge on any atom is 0.315 e. The third-order valence-electron chi connectivity index (χ3n) is 3.40. The van der Waals surface area contributed by atoms with Gasteiger partial charge in [-0.1, -0.05) is 6.07 Å². The van der Waals surface area contributed by atoms with Crippen molar-refractivity contribution < 1.29 is 19.1 Å². The molecule has 3 amide bonds. The number of hydrogen-bond donors (Lipinski definition) is 3. The maximum atomic E-state index is 11.8. The predicted molar refractivity (Wildman–Crippen MR) is 85.7 cm³/mol. The summed E-state index contributed by atoms with van der Waals surface area (Å²) in [7, 11) is 0. The summed E-state index contributed by atoms with van der Waals surface area (Å²) in [5, 5.41) is 8.15. The third kappa shape index (κ3) is 5.36. The summed E-state index contributed by atoms with van der Waals surface area (Å²) in [5.74, 6) is 1.32. The number of amides is 3. The van der Waals surface area contributed by atoms with Crippen molar-refractivity contribution in [2.24, 2.45) is 0 Å². The van der Waals surface area contributed by atoms with Crippen molar-refractivity contribution in [1.29, 1.82) is 0 Å². The number of carbonyl (C=O) groups excluding carboxylic acids is 2. The van der Waals surface area contributed by atoms with Crippen LogP contribution in [0.2, 0.25) is 0 Å². The van der Waals surface area contributed by atoms with E-state index in [0.717, 1.165) is 17.7 Å². The highest BCUT2D eigenvalue weighted by atomic mass is 16.5. The lowest BCUT2D eigenvalue weighted by Crippen LogP contribution is -2.40. The summed E-state index contributed by atoms with van der Waals surface area (Å²) in [4.78, 5) is 22.6. The van der Waals surface area contributed by atoms with E-state index >= 15 is 0 Å². The topological polar surface area (TPSA) is 88.7 Å². The summed E-state index contributed by atoms with van der Waals surface area (Å²) < 4.78 is 11.2. The predicted octanol–water partition coefficient (Wildman–Crippen LogP) is 1.34. The lowest BCUT2D eigenvalue weighted by molar-refractivity contribution is -0.118. The molecule has 0 saturated carbocycles. The molecule has 0 bridgehead atoms. The summed E-state index contributed by atoms with van der Waals surface area (Å²) in [5.41, 5.74) is 0.936. The molecule has 1 atom stereocenters. The van der Waals surface area contributed by atoms with Crippen molar-refractivity contribution in [1.82, 2.24) is 16.0 Å². The summed E-state index contributed by atoms with van der Waals surface area (Å²) >= 11 is 0. The van der Waals surface area contributed by atoms with E-state index in [0.29, 0.717) is 32.1 Å². The van der Waals surface area contributed by atoms with Crippen molar-refractivity contribution in [3.8, 4) is 11.5 Å². The molecular weight excluding hydrogens is 298 g/mol. The monoisotopic (exact) mass is 321 g/mol. The summed E-state index contributed by atoms with van der Waals surface area (Å²) in [6.07, 6.45) is 0.856. The van der Waals surface area contributed by atoms with Crippen LogP contribution in [0, 0.1) is 0 Å². The van der Waals surface area contributed by atoms with E-state index in [2.05, 4.69) is 16.0 Å². The molecule has 0 spiro atoms. The number of fused-ring (bicyclic) bond motifs is 1. The minimum atomic E-state index is -0.282. The van der Waals surface area contributed by atoms with E-state index in [1.807, 2.05) is 25.1 Å². The van der Waals surface area contributed by atoms with Crippen LogP contribution in [-0.4, -0.2) is 38.2 Å². The lowest BCUT2D eigenvalue weighted by Gasteiger charge is -2.17. The van der Waals surface area contributed by atoms with Gasteiger partial charge in [0.05, 0.1) is 19.3 Å². The standard InChI is InChI=1S/C16H23N3O4/c1-11(19-16(21)18-7-6-17-12(2)20)13-4-5-14-15(10-13)23-9-3-8-22-14/h4-5,10-11H,3,6-9H2,1-2H3,(H,17,20)(H2,18,19,21). The van der Waals surface area contributed by atoms with E-state index in [4.69, 9.17) is 9.47 Å². The Balaban J connectivity index is 1.85. The highest BCUT2D eigenvalue weighted by Crippen LogP contribution is 2.32. The van der Waals surface area contributed by atoms with Crippen LogP contribution < -0.4 is 25.4 Å². The Bertz CT molecular complexity index is 562. The molecule has 3 N–H and O–H groups in total. The quantitative estimate of drug-likeness (QED) is 0.714. The van der Waals surface area contributed by atoms with Crippen LogP contribution in [0.1, 0.15) is 31.9 Å². The van der Waals surface area contributed by atoms with Crippen molar-refractivity contribution in [3.63, 3.8) is 0 Å². The van der Waals surface area contributed by atoms with Crippen molar-refractivity contribution in [3.05, 3.63) is 23.8 Å². The summed E-state index contributed by atoms with van der Waals surface area (Å²) in [6.45, 7) is 5.39. The minimum absolute atomic E-state index is 0.118. The zero-order chi connectivity index (χ0) is 16.7. The van der Waals surface area contributed by atoms with Crippen LogP contribution in [0.3, 0.4) is 0 Å². The molecule has 7 heteroatoms. The fourth-order valence-electron chi connectivity index (χ4n) is 2.19. The second kappa shape index (κ2) is 8.26. The number of hydrogen-bond acceptors (Lipinski definition) is 4. The average molecular weight is 321 g/mol. The maximum absolute atomic E-state index is 11.8. The Morgan fingerprint density at radius 3 is 2.57 bits per heavy atom. The minimum Gasteiger partial charge on any atom is -0.490 e.